The second-order valence-corrected chi connectivity index (χ2v) is 7.90. The Morgan fingerprint density at radius 1 is 1.28 bits per heavy atom. The van der Waals surface area contributed by atoms with Gasteiger partial charge in [-0.3, -0.25) is 9.89 Å². The van der Waals surface area contributed by atoms with E-state index in [1.54, 1.807) is 17.5 Å². The van der Waals surface area contributed by atoms with Gasteiger partial charge in [0, 0.05) is 28.2 Å². The average Bonchev–Trinajstić information content (AvgIpc) is 3.34. The van der Waals surface area contributed by atoms with E-state index < -0.39 is 0 Å². The van der Waals surface area contributed by atoms with Gasteiger partial charge in [0.15, 0.2) is 0 Å². The maximum absolute atomic E-state index is 13.0. The minimum absolute atomic E-state index is 0.00392. The topological polar surface area (TPSA) is 61.9 Å². The Balaban J connectivity index is 1.58. The largest absolute Gasteiger partial charge is 0.328 e. The lowest BCUT2D eigenvalue weighted by molar-refractivity contribution is 0.0605. The Hall–Kier alpha value is -1.99. The number of likely N-dealkylation sites (tertiary alicyclic amines) is 1. The number of carbonyl (C=O) groups excluding carboxylic acids is 1. The van der Waals surface area contributed by atoms with Gasteiger partial charge in [-0.15, -0.1) is 11.3 Å². The fraction of sp³-hybridized carbons (Fsp3) is 0.278. The van der Waals surface area contributed by atoms with Gasteiger partial charge in [-0.25, -0.2) is 4.98 Å². The molecule has 0 bridgehead atoms. The molecule has 1 fully saturated rings. The first-order valence-corrected chi connectivity index (χ1v) is 9.91. The highest BCUT2D eigenvalue weighted by molar-refractivity contribution is 9.10. The summed E-state index contributed by atoms with van der Waals surface area (Å²) < 4.78 is 1.02. The van der Waals surface area contributed by atoms with E-state index in [-0.39, 0.29) is 11.9 Å². The number of nitrogens with one attached hydrogen (secondary N) is 1. The van der Waals surface area contributed by atoms with E-state index in [1.807, 2.05) is 40.6 Å². The first-order valence-electron chi connectivity index (χ1n) is 8.24. The number of carbonyl (C=O) groups is 1. The standard InChI is InChI=1S/C18H17BrN4OS/c19-13-6-4-12(5-7-13)14-11-15(22-21-14)18(24)23-9-2-1-3-16(23)17-20-8-10-25-17/h4-8,10-11,16H,1-3,9H2,(H,21,22). The molecule has 1 aliphatic heterocycles. The molecule has 4 rings (SSSR count). The van der Waals surface area contributed by atoms with Crippen molar-refractivity contribution in [3.63, 3.8) is 0 Å². The number of aromatic amines is 1. The summed E-state index contributed by atoms with van der Waals surface area (Å²) in [6.45, 7) is 0.760. The highest BCUT2D eigenvalue weighted by atomic mass is 79.9. The van der Waals surface area contributed by atoms with E-state index in [9.17, 15) is 4.79 Å². The smallest absolute Gasteiger partial charge is 0.272 e. The van der Waals surface area contributed by atoms with Crippen LogP contribution in [0.4, 0.5) is 0 Å². The average molecular weight is 417 g/mol. The molecule has 7 heteroatoms. The lowest BCUT2D eigenvalue weighted by Crippen LogP contribution is -2.38. The molecule has 1 aliphatic rings. The van der Waals surface area contributed by atoms with Crippen LogP contribution in [0.1, 0.15) is 40.8 Å². The molecular weight excluding hydrogens is 400 g/mol. The van der Waals surface area contributed by atoms with E-state index in [1.165, 1.54) is 0 Å². The molecule has 5 nitrogen and oxygen atoms in total. The molecule has 0 spiro atoms. The number of hydrogen-bond acceptors (Lipinski definition) is 4. The van der Waals surface area contributed by atoms with Gasteiger partial charge in [0.05, 0.1) is 11.7 Å². The van der Waals surface area contributed by atoms with Crippen LogP contribution in [0.25, 0.3) is 11.3 Å². The molecule has 25 heavy (non-hydrogen) atoms. The lowest BCUT2D eigenvalue weighted by atomic mass is 10.0. The number of piperidine rings is 1. The van der Waals surface area contributed by atoms with Gasteiger partial charge in [0.2, 0.25) is 0 Å². The molecule has 1 amide bonds. The second kappa shape index (κ2) is 7.09. The quantitative estimate of drug-likeness (QED) is 0.674. The summed E-state index contributed by atoms with van der Waals surface area (Å²) in [4.78, 5) is 19.4. The summed E-state index contributed by atoms with van der Waals surface area (Å²) in [7, 11) is 0. The number of hydrogen-bond donors (Lipinski definition) is 1. The van der Waals surface area contributed by atoms with Gasteiger partial charge in [-0.1, -0.05) is 28.1 Å². The molecular formula is C18H17BrN4OS. The van der Waals surface area contributed by atoms with Crippen molar-refractivity contribution < 1.29 is 4.79 Å². The predicted octanol–water partition coefficient (Wildman–Crippen LogP) is 4.66. The van der Waals surface area contributed by atoms with Gasteiger partial charge >= 0.3 is 0 Å². The Labute approximate surface area is 158 Å². The van der Waals surface area contributed by atoms with Crippen LogP contribution in [0.5, 0.6) is 0 Å². The van der Waals surface area contributed by atoms with Crippen molar-refractivity contribution in [3.8, 4) is 11.3 Å². The fourth-order valence-corrected chi connectivity index (χ4v) is 4.23. The number of amides is 1. The van der Waals surface area contributed by atoms with Gasteiger partial charge < -0.3 is 4.90 Å². The van der Waals surface area contributed by atoms with Crippen molar-refractivity contribution in [2.24, 2.45) is 0 Å². The number of halogens is 1. The molecule has 128 valence electrons. The van der Waals surface area contributed by atoms with Crippen molar-refractivity contribution in [2.45, 2.75) is 25.3 Å². The molecule has 3 aromatic rings. The van der Waals surface area contributed by atoms with E-state index in [0.717, 1.165) is 46.5 Å². The van der Waals surface area contributed by atoms with Crippen LogP contribution in [-0.4, -0.2) is 32.5 Å². The maximum Gasteiger partial charge on any atom is 0.272 e. The molecule has 0 aliphatic carbocycles. The van der Waals surface area contributed by atoms with Crippen molar-refractivity contribution in [1.29, 1.82) is 0 Å². The van der Waals surface area contributed by atoms with Crippen LogP contribution in [0.3, 0.4) is 0 Å². The molecule has 1 atom stereocenters. The van der Waals surface area contributed by atoms with E-state index >= 15 is 0 Å². The monoisotopic (exact) mass is 416 g/mol. The summed E-state index contributed by atoms with van der Waals surface area (Å²) in [6, 6.07) is 9.80. The van der Waals surface area contributed by atoms with E-state index in [0.29, 0.717) is 5.69 Å². The van der Waals surface area contributed by atoms with Crippen LogP contribution < -0.4 is 0 Å². The normalized spacial score (nSPS) is 17.6. The summed E-state index contributed by atoms with van der Waals surface area (Å²) in [6.07, 6.45) is 4.93. The fourth-order valence-electron chi connectivity index (χ4n) is 3.18. The predicted molar refractivity (Wildman–Crippen MR) is 101 cm³/mol. The number of rotatable bonds is 3. The zero-order valence-corrected chi connectivity index (χ0v) is 15.9. The summed E-state index contributed by atoms with van der Waals surface area (Å²) in [5.41, 5.74) is 2.29. The van der Waals surface area contributed by atoms with Gasteiger partial charge in [-0.2, -0.15) is 5.10 Å². The summed E-state index contributed by atoms with van der Waals surface area (Å²) in [5.74, 6) is -0.00392. The minimum atomic E-state index is -0.00392. The van der Waals surface area contributed by atoms with Crippen LogP contribution >= 0.6 is 27.3 Å². The molecule has 1 unspecified atom stereocenters. The third kappa shape index (κ3) is 3.39. The number of H-pyrrole nitrogens is 1. The summed E-state index contributed by atoms with van der Waals surface area (Å²) in [5, 5.41) is 10.2. The molecule has 0 radical (unpaired) electrons. The highest BCUT2D eigenvalue weighted by Gasteiger charge is 2.31. The number of aromatic nitrogens is 3. The Morgan fingerprint density at radius 2 is 2.12 bits per heavy atom. The van der Waals surface area contributed by atoms with Gasteiger partial charge in [0.1, 0.15) is 10.7 Å². The molecule has 2 aromatic heterocycles. The van der Waals surface area contributed by atoms with Crippen molar-refractivity contribution in [1.82, 2.24) is 20.1 Å². The molecule has 0 saturated carbocycles. The number of benzene rings is 1. The zero-order valence-electron chi connectivity index (χ0n) is 13.5. The Morgan fingerprint density at radius 3 is 2.88 bits per heavy atom. The van der Waals surface area contributed by atoms with E-state index in [2.05, 4.69) is 31.1 Å². The Bertz CT molecular complexity index is 860. The lowest BCUT2D eigenvalue weighted by Gasteiger charge is -2.34. The van der Waals surface area contributed by atoms with Crippen LogP contribution in [0, 0.1) is 0 Å². The molecule has 1 saturated heterocycles. The van der Waals surface area contributed by atoms with Crippen LogP contribution in [-0.2, 0) is 0 Å². The van der Waals surface area contributed by atoms with Crippen LogP contribution in [0.15, 0.2) is 46.4 Å². The number of nitrogens with zero attached hydrogens (tertiary/aromatic N) is 3. The zero-order chi connectivity index (χ0) is 17.2. The molecule has 1 aromatic carbocycles. The highest BCUT2D eigenvalue weighted by Crippen LogP contribution is 2.33. The number of thiazole rings is 1. The maximum atomic E-state index is 13.0. The van der Waals surface area contributed by atoms with Gasteiger partial charge in [0.25, 0.3) is 5.91 Å². The third-order valence-corrected chi connectivity index (χ3v) is 5.85. The molecule has 3 heterocycles. The first kappa shape index (κ1) is 16.5. The SMILES string of the molecule is O=C(c1cc(-c2ccc(Br)cc2)n[nH]1)N1CCCCC1c1nccs1. The van der Waals surface area contributed by atoms with E-state index in [4.69, 9.17) is 0 Å². The summed E-state index contributed by atoms with van der Waals surface area (Å²) >= 11 is 5.04. The molecule has 1 N–H and O–H groups in total. The van der Waals surface area contributed by atoms with Crippen molar-refractivity contribution in [2.75, 3.05) is 6.54 Å². The van der Waals surface area contributed by atoms with Crippen molar-refractivity contribution in [3.05, 3.63) is 57.1 Å². The second-order valence-electron chi connectivity index (χ2n) is 6.05. The van der Waals surface area contributed by atoms with Crippen molar-refractivity contribution >= 4 is 33.2 Å². The Kier molecular flexibility index (Phi) is 4.67. The third-order valence-electron chi connectivity index (χ3n) is 4.45. The van der Waals surface area contributed by atoms with Gasteiger partial charge in [-0.05, 0) is 37.5 Å². The minimum Gasteiger partial charge on any atom is -0.328 e. The first-order chi connectivity index (χ1) is 12.2. The van der Waals surface area contributed by atoms with Crippen LogP contribution in [0.2, 0.25) is 0 Å².